The number of imidazole rings is 2. The van der Waals surface area contributed by atoms with Crippen molar-refractivity contribution >= 4 is 49.9 Å². The predicted molar refractivity (Wildman–Crippen MR) is 243 cm³/mol. The first kappa shape index (κ1) is 50.5. The Kier molecular flexibility index (Phi) is 18.5. The maximum atomic E-state index is 4.86. The van der Waals surface area contributed by atoms with E-state index in [4.69, 9.17) is 20.3 Å². The van der Waals surface area contributed by atoms with Crippen LogP contribution in [0.15, 0.2) is 72.8 Å². The number of fused-ring (bicyclic) bond motifs is 3. The van der Waals surface area contributed by atoms with Gasteiger partial charge in [-0.25, -0.2) is 4.98 Å². The van der Waals surface area contributed by atoms with Gasteiger partial charge in [0.2, 0.25) is 0 Å². The number of aryl methyl sites for hydroxylation is 2. The number of hydrogen-bond donors (Lipinski definition) is 0. The molecule has 8 rings (SSSR count). The van der Waals surface area contributed by atoms with Gasteiger partial charge in [0.05, 0.1) is 11.0 Å². The van der Waals surface area contributed by atoms with Crippen LogP contribution in [0.1, 0.15) is 53.5 Å². The molecular formula is C46H60FeN8Si2U+2. The molecule has 2 aromatic heterocycles. The van der Waals surface area contributed by atoms with Crippen LogP contribution in [-0.2, 0) is 31.2 Å². The SMILES string of the molecule is CC(C)(C)[Si](C)(C)[N-][C]1[CH][CH][CH][CH]1.CC(C)(C)[Si](C)(C)[N-][C]1[CH][CH][CH][CH]1.CN1c2ccccc2[N-]C1c1nc2ccccc2n1C.Cn1[c-]nc2ccccc21.[Fe+2].[U+4]. The van der Waals surface area contributed by atoms with Crippen molar-refractivity contribution in [2.24, 2.45) is 14.1 Å². The third-order valence-electron chi connectivity index (χ3n) is 11.3. The quantitative estimate of drug-likeness (QED) is 0.130. The summed E-state index contributed by atoms with van der Waals surface area (Å²) in [4.78, 5) is 20.7. The van der Waals surface area contributed by atoms with Gasteiger partial charge < -0.3 is 34.3 Å². The summed E-state index contributed by atoms with van der Waals surface area (Å²) < 4.78 is 4.02. The van der Waals surface area contributed by atoms with E-state index in [0.717, 1.165) is 51.3 Å². The number of para-hydroxylation sites is 6. The van der Waals surface area contributed by atoms with E-state index < -0.39 is 16.5 Å². The van der Waals surface area contributed by atoms with E-state index in [1.165, 1.54) is 0 Å². The van der Waals surface area contributed by atoms with Crippen molar-refractivity contribution < 1.29 is 48.2 Å². The van der Waals surface area contributed by atoms with Crippen molar-refractivity contribution in [2.45, 2.75) is 84.0 Å². The standard InChI is InChI=1S/C16H15N4.2C11H19NSi.C8H7N2.Fe.U/c1-19-13-9-5-3-7-11(13)17-15(19)16-18-12-8-4-6-10-14(12)20(16)2;2*1-11(2,3)13(4,5)12-10-8-6-7-9-10;1-10-6-9-7-4-2-3-5-8(7)10;;/h3-10,15H,1-2H3;2*6-9H,1-5H3;2-5H,1H3;;/q4*-1;+2;+4. The minimum Gasteiger partial charge on any atom is -0.659 e. The molecule has 3 aliphatic rings. The Bertz CT molecular complexity index is 1960. The monoisotopic (exact) mass is 1070 g/mol. The van der Waals surface area contributed by atoms with Crippen LogP contribution in [0.3, 0.4) is 0 Å². The Morgan fingerprint density at radius 1 is 0.638 bits per heavy atom. The molecule has 1 atom stereocenters. The summed E-state index contributed by atoms with van der Waals surface area (Å²) in [5.74, 6) is 0.977. The first-order valence-corrected chi connectivity index (χ1v) is 25.3. The van der Waals surface area contributed by atoms with E-state index in [2.05, 4.69) is 146 Å². The molecule has 0 bridgehead atoms. The molecule has 0 N–H and O–H groups in total. The largest absolute Gasteiger partial charge is 4.00 e. The van der Waals surface area contributed by atoms with Gasteiger partial charge in [0.15, 0.2) is 0 Å². The maximum Gasteiger partial charge on any atom is 4.00 e. The van der Waals surface area contributed by atoms with E-state index in [9.17, 15) is 0 Å². The number of benzene rings is 3. The molecule has 12 heteroatoms. The molecule has 2 aliphatic carbocycles. The van der Waals surface area contributed by atoms with E-state index in [-0.39, 0.29) is 54.3 Å². The molecule has 8 nitrogen and oxygen atoms in total. The molecular weight excluding hydrogens is 1010 g/mol. The fourth-order valence-corrected chi connectivity index (χ4v) is 7.99. The van der Waals surface area contributed by atoms with Crippen LogP contribution in [0.2, 0.25) is 36.3 Å². The summed E-state index contributed by atoms with van der Waals surface area (Å²) in [5.41, 5.74) is 6.48. The average molecular weight is 1080 g/mol. The normalized spacial score (nSPS) is 17.2. The first-order valence-electron chi connectivity index (χ1n) is 19.4. The van der Waals surface area contributed by atoms with Crippen LogP contribution in [0.25, 0.3) is 37.3 Å². The smallest absolute Gasteiger partial charge is 0.659 e. The van der Waals surface area contributed by atoms with Gasteiger partial charge in [0.25, 0.3) is 0 Å². The molecule has 1 aliphatic heterocycles. The molecule has 2 saturated carbocycles. The molecule has 0 spiro atoms. The van der Waals surface area contributed by atoms with Crippen LogP contribution in [0.5, 0.6) is 0 Å². The maximum absolute atomic E-state index is 4.86. The number of aromatic nitrogens is 4. The van der Waals surface area contributed by atoms with Crippen LogP contribution >= 0.6 is 0 Å². The van der Waals surface area contributed by atoms with E-state index in [1.54, 1.807) is 0 Å². The van der Waals surface area contributed by atoms with Crippen LogP contribution in [-0.4, -0.2) is 42.6 Å². The molecule has 10 radical (unpaired) electrons. The van der Waals surface area contributed by atoms with Gasteiger partial charge in [-0.15, -0.1) is 29.9 Å². The molecule has 2 fully saturated rings. The third kappa shape index (κ3) is 12.6. The van der Waals surface area contributed by atoms with Gasteiger partial charge >= 0.3 is 48.2 Å². The van der Waals surface area contributed by atoms with E-state index in [1.807, 2.05) is 91.9 Å². The molecule has 0 saturated heterocycles. The second kappa shape index (κ2) is 21.3. The second-order valence-electron chi connectivity index (χ2n) is 17.5. The van der Waals surface area contributed by atoms with Gasteiger partial charge in [-0.1, -0.05) is 173 Å². The zero-order valence-corrected chi connectivity index (χ0v) is 43.8. The van der Waals surface area contributed by atoms with Crippen molar-refractivity contribution in [3.63, 3.8) is 0 Å². The number of anilines is 1. The predicted octanol–water partition coefficient (Wildman–Crippen LogP) is 12.6. The van der Waals surface area contributed by atoms with Gasteiger partial charge in [-0.05, 0) is 50.9 Å². The van der Waals surface area contributed by atoms with E-state index in [0.29, 0.717) is 10.1 Å². The zero-order chi connectivity index (χ0) is 40.9. The molecule has 0 amide bonds. The van der Waals surface area contributed by atoms with Crippen molar-refractivity contribution in [1.29, 1.82) is 0 Å². The Hall–Kier alpha value is -1.87. The minimum absolute atomic E-state index is 0. The molecule has 1 unspecified atom stereocenters. The zero-order valence-electron chi connectivity index (χ0n) is 36.6. The Balaban J connectivity index is 0.000000212. The summed E-state index contributed by atoms with van der Waals surface area (Å²) in [5, 5.41) is 5.48. The van der Waals surface area contributed by atoms with Gasteiger partial charge in [-0.3, -0.25) is 0 Å². The van der Waals surface area contributed by atoms with Crippen molar-refractivity contribution in [1.82, 2.24) is 19.1 Å². The molecule has 58 heavy (non-hydrogen) atoms. The Labute approximate surface area is 387 Å². The molecule has 302 valence electrons. The number of nitrogens with zero attached hydrogens (tertiary/aromatic N) is 8. The first-order chi connectivity index (χ1) is 26.3. The number of hydrogen-bond acceptors (Lipinski definition) is 3. The number of rotatable bonds is 5. The average Bonchev–Trinajstić information content (AvgIpc) is 3.99. The fourth-order valence-electron chi connectivity index (χ4n) is 5.73. The Morgan fingerprint density at radius 2 is 1.09 bits per heavy atom. The fraction of sp³-hybridized carbons (Fsp3) is 0.348. The summed E-state index contributed by atoms with van der Waals surface area (Å²) in [7, 11) is 3.09. The third-order valence-corrected chi connectivity index (χ3v) is 20.3. The Morgan fingerprint density at radius 3 is 1.55 bits per heavy atom. The summed E-state index contributed by atoms with van der Waals surface area (Å²) in [6.45, 7) is 23.0. The minimum atomic E-state index is -1.48. The second-order valence-corrected chi connectivity index (χ2v) is 27.2. The molecule has 5 aromatic rings. The van der Waals surface area contributed by atoms with Crippen LogP contribution < -0.4 is 4.90 Å². The summed E-state index contributed by atoms with van der Waals surface area (Å²) in [6.07, 6.45) is 19.3. The summed E-state index contributed by atoms with van der Waals surface area (Å²) >= 11 is 0. The van der Waals surface area contributed by atoms with E-state index >= 15 is 0 Å². The van der Waals surface area contributed by atoms with Gasteiger partial charge in [0, 0.05) is 32.3 Å². The van der Waals surface area contributed by atoms with Crippen molar-refractivity contribution in [3.8, 4) is 0 Å². The van der Waals surface area contributed by atoms with Crippen LogP contribution in [0, 0.1) is 101 Å². The van der Waals surface area contributed by atoms with Gasteiger partial charge in [-0.2, -0.15) is 0 Å². The molecule has 3 aromatic carbocycles. The van der Waals surface area contributed by atoms with Gasteiger partial charge in [0.1, 0.15) is 5.82 Å². The van der Waals surface area contributed by atoms with Crippen molar-refractivity contribution in [3.05, 3.63) is 164 Å². The topological polar surface area (TPSA) is 81.2 Å². The molecule has 3 heterocycles. The van der Waals surface area contributed by atoms with Crippen LogP contribution in [0.4, 0.5) is 11.4 Å². The van der Waals surface area contributed by atoms with Crippen molar-refractivity contribution in [2.75, 3.05) is 11.9 Å². The summed E-state index contributed by atoms with van der Waals surface area (Å²) in [6, 6.07) is 26.7.